The van der Waals surface area contributed by atoms with Crippen LogP contribution in [0.4, 0.5) is 0 Å². The Balaban J connectivity index is 2.46. The number of aliphatic hydroxyl groups excluding tert-OH is 1. The molecule has 0 amide bonds. The van der Waals surface area contributed by atoms with Crippen LogP contribution in [0.1, 0.15) is 18.9 Å². The van der Waals surface area contributed by atoms with E-state index in [1.54, 1.807) is 7.11 Å². The summed E-state index contributed by atoms with van der Waals surface area (Å²) in [4.78, 5) is 0. The monoisotopic (exact) mass is 314 g/mol. The molecule has 1 aliphatic heterocycles. The molecule has 0 spiro atoms. The zero-order valence-electron chi connectivity index (χ0n) is 10.8. The maximum atomic E-state index is 9.61. The Morgan fingerprint density at radius 2 is 2.22 bits per heavy atom. The van der Waals surface area contributed by atoms with E-state index >= 15 is 0 Å². The van der Waals surface area contributed by atoms with E-state index in [0.717, 1.165) is 22.2 Å². The van der Waals surface area contributed by atoms with Crippen LogP contribution < -0.4 is 4.74 Å². The van der Waals surface area contributed by atoms with Gasteiger partial charge in [0, 0.05) is 16.6 Å². The highest BCUT2D eigenvalue weighted by Gasteiger charge is 2.47. The van der Waals surface area contributed by atoms with Crippen LogP contribution in [0.5, 0.6) is 5.75 Å². The third kappa shape index (κ3) is 2.17. The molecular weight excluding hydrogens is 296 g/mol. The van der Waals surface area contributed by atoms with E-state index in [1.807, 2.05) is 12.1 Å². The van der Waals surface area contributed by atoms with Crippen molar-refractivity contribution in [1.29, 1.82) is 0 Å². The summed E-state index contributed by atoms with van der Waals surface area (Å²) in [6.45, 7) is 3.58. The number of ether oxygens (including phenoxy) is 2. The Morgan fingerprint density at radius 1 is 1.50 bits per heavy atom. The fourth-order valence-corrected chi connectivity index (χ4v) is 3.06. The van der Waals surface area contributed by atoms with Crippen LogP contribution in [0, 0.1) is 5.92 Å². The minimum absolute atomic E-state index is 0.112. The first-order valence-corrected chi connectivity index (χ1v) is 7.00. The number of methoxy groups -OCH3 is 1. The molecule has 0 aliphatic carbocycles. The van der Waals surface area contributed by atoms with Gasteiger partial charge in [-0.2, -0.15) is 0 Å². The molecule has 1 aromatic carbocycles. The maximum absolute atomic E-state index is 9.61. The van der Waals surface area contributed by atoms with Crippen LogP contribution in [0.15, 0.2) is 22.7 Å². The molecule has 1 saturated heterocycles. The summed E-state index contributed by atoms with van der Waals surface area (Å²) in [6.07, 6.45) is 0.926. The van der Waals surface area contributed by atoms with E-state index < -0.39 is 0 Å². The number of benzene rings is 1. The van der Waals surface area contributed by atoms with Gasteiger partial charge in [-0.1, -0.05) is 29.3 Å². The fraction of sp³-hybridized carbons (Fsp3) is 0.571. The van der Waals surface area contributed by atoms with Crippen LogP contribution in [-0.4, -0.2) is 32.0 Å². The minimum atomic E-state index is -0.112. The molecular formula is C14H19BrO3. The van der Waals surface area contributed by atoms with Crippen LogP contribution in [0.2, 0.25) is 0 Å². The summed E-state index contributed by atoms with van der Waals surface area (Å²) >= 11 is 3.51. The lowest BCUT2D eigenvalue weighted by molar-refractivity contribution is -0.102. The Kier molecular flexibility index (Phi) is 4.30. The molecule has 1 unspecified atom stereocenters. The molecule has 100 valence electrons. The van der Waals surface area contributed by atoms with Crippen molar-refractivity contribution in [2.75, 3.05) is 26.9 Å². The highest BCUT2D eigenvalue weighted by molar-refractivity contribution is 9.10. The lowest BCUT2D eigenvalue weighted by Gasteiger charge is -2.47. The van der Waals surface area contributed by atoms with Crippen LogP contribution in [0.3, 0.4) is 0 Å². The van der Waals surface area contributed by atoms with Gasteiger partial charge in [-0.05, 0) is 24.1 Å². The van der Waals surface area contributed by atoms with Gasteiger partial charge in [0.1, 0.15) is 5.75 Å². The quantitative estimate of drug-likeness (QED) is 0.908. The van der Waals surface area contributed by atoms with Crippen molar-refractivity contribution in [2.24, 2.45) is 5.92 Å². The molecule has 0 radical (unpaired) electrons. The lowest BCUT2D eigenvalue weighted by Crippen LogP contribution is -2.53. The van der Waals surface area contributed by atoms with E-state index in [2.05, 4.69) is 28.9 Å². The maximum Gasteiger partial charge on any atom is 0.122 e. The summed E-state index contributed by atoms with van der Waals surface area (Å²) in [6, 6.07) is 6.01. The molecule has 1 N–H and O–H groups in total. The van der Waals surface area contributed by atoms with E-state index in [-0.39, 0.29) is 17.9 Å². The van der Waals surface area contributed by atoms with E-state index in [0.29, 0.717) is 13.2 Å². The van der Waals surface area contributed by atoms with Crippen molar-refractivity contribution >= 4 is 15.9 Å². The minimum Gasteiger partial charge on any atom is -0.496 e. The first kappa shape index (κ1) is 13.8. The van der Waals surface area contributed by atoms with Crippen LogP contribution in [0.25, 0.3) is 0 Å². The van der Waals surface area contributed by atoms with Gasteiger partial charge in [-0.15, -0.1) is 0 Å². The summed E-state index contributed by atoms with van der Waals surface area (Å²) < 4.78 is 11.9. The van der Waals surface area contributed by atoms with E-state index in [1.165, 1.54) is 0 Å². The third-order valence-corrected chi connectivity index (χ3v) is 4.41. The summed E-state index contributed by atoms with van der Waals surface area (Å²) in [5.74, 6) is 1.07. The number of halogens is 1. The van der Waals surface area contributed by atoms with Crippen molar-refractivity contribution in [3.63, 3.8) is 0 Å². The molecule has 3 nitrogen and oxygen atoms in total. The van der Waals surface area contributed by atoms with Gasteiger partial charge in [-0.25, -0.2) is 0 Å². The summed E-state index contributed by atoms with van der Waals surface area (Å²) in [7, 11) is 1.68. The van der Waals surface area contributed by atoms with Crippen molar-refractivity contribution in [3.05, 3.63) is 28.2 Å². The van der Waals surface area contributed by atoms with Gasteiger partial charge in [-0.3, -0.25) is 0 Å². The summed E-state index contributed by atoms with van der Waals surface area (Å²) in [5, 5.41) is 9.61. The van der Waals surface area contributed by atoms with Crippen molar-refractivity contribution in [2.45, 2.75) is 18.8 Å². The number of hydrogen-bond acceptors (Lipinski definition) is 3. The molecule has 1 heterocycles. The molecule has 0 saturated carbocycles. The van der Waals surface area contributed by atoms with Gasteiger partial charge in [0.25, 0.3) is 0 Å². The number of hydrogen-bond donors (Lipinski definition) is 1. The molecule has 1 aromatic rings. The zero-order valence-corrected chi connectivity index (χ0v) is 12.4. The van der Waals surface area contributed by atoms with Gasteiger partial charge in [0.05, 0.1) is 25.7 Å². The Labute approximate surface area is 116 Å². The largest absolute Gasteiger partial charge is 0.496 e. The molecule has 4 heteroatoms. The topological polar surface area (TPSA) is 38.7 Å². The molecule has 1 aliphatic rings. The average Bonchev–Trinajstić information content (AvgIpc) is 2.33. The molecule has 1 fully saturated rings. The lowest BCUT2D eigenvalue weighted by atomic mass is 9.67. The van der Waals surface area contributed by atoms with Crippen molar-refractivity contribution in [1.82, 2.24) is 0 Å². The Hall–Kier alpha value is -0.580. The molecule has 1 atom stereocenters. The first-order chi connectivity index (χ1) is 8.67. The molecule has 0 bridgehead atoms. The number of aliphatic hydroxyl groups is 1. The second-order valence-electron chi connectivity index (χ2n) is 4.78. The average molecular weight is 315 g/mol. The highest BCUT2D eigenvalue weighted by atomic mass is 79.9. The van der Waals surface area contributed by atoms with E-state index in [9.17, 15) is 5.11 Å². The normalized spacial score (nSPS) is 19.1. The first-order valence-electron chi connectivity index (χ1n) is 6.20. The van der Waals surface area contributed by atoms with Crippen molar-refractivity contribution < 1.29 is 14.6 Å². The van der Waals surface area contributed by atoms with Gasteiger partial charge in [0.2, 0.25) is 0 Å². The van der Waals surface area contributed by atoms with Gasteiger partial charge in [0.15, 0.2) is 0 Å². The number of rotatable bonds is 5. The Bertz CT molecular complexity index is 412. The molecule has 0 aromatic heterocycles. The molecule has 18 heavy (non-hydrogen) atoms. The van der Waals surface area contributed by atoms with Gasteiger partial charge >= 0.3 is 0 Å². The second kappa shape index (κ2) is 5.59. The second-order valence-corrected chi connectivity index (χ2v) is 5.70. The van der Waals surface area contributed by atoms with Crippen molar-refractivity contribution in [3.8, 4) is 5.75 Å². The molecule has 2 rings (SSSR count). The standard InChI is InChI=1S/C14H19BrO3/c1-3-10(7-16)14(8-18-9-14)12-6-11(15)4-5-13(12)17-2/h4-6,10,16H,3,7-9H2,1-2H3. The Morgan fingerprint density at radius 3 is 2.67 bits per heavy atom. The van der Waals surface area contributed by atoms with Crippen LogP contribution in [-0.2, 0) is 10.2 Å². The van der Waals surface area contributed by atoms with E-state index in [4.69, 9.17) is 9.47 Å². The zero-order chi connectivity index (χ0) is 13.2. The third-order valence-electron chi connectivity index (χ3n) is 3.91. The predicted molar refractivity (Wildman–Crippen MR) is 74.1 cm³/mol. The van der Waals surface area contributed by atoms with Gasteiger partial charge < -0.3 is 14.6 Å². The SMILES string of the molecule is CCC(CO)C1(c2cc(Br)ccc2OC)COC1. The van der Waals surface area contributed by atoms with Crippen LogP contribution >= 0.6 is 15.9 Å². The fourth-order valence-electron chi connectivity index (χ4n) is 2.70. The smallest absolute Gasteiger partial charge is 0.122 e. The summed E-state index contributed by atoms with van der Waals surface area (Å²) in [5.41, 5.74) is 1.02. The predicted octanol–water partition coefficient (Wildman–Crippen LogP) is 2.74. The highest BCUT2D eigenvalue weighted by Crippen LogP contribution is 2.45.